The van der Waals surface area contributed by atoms with Crippen LogP contribution in [0.1, 0.15) is 60.0 Å². The highest BCUT2D eigenvalue weighted by Crippen LogP contribution is 2.31. The quantitative estimate of drug-likeness (QED) is 0.494. The van der Waals surface area contributed by atoms with Crippen molar-refractivity contribution in [2.75, 3.05) is 4.90 Å². The highest BCUT2D eigenvalue weighted by atomic mass is 35.5. The van der Waals surface area contributed by atoms with Crippen LogP contribution in [0.3, 0.4) is 0 Å². The predicted molar refractivity (Wildman–Crippen MR) is 126 cm³/mol. The molecule has 2 aliphatic heterocycles. The molecule has 5 rings (SSSR count). The number of amides is 3. The molecule has 1 saturated carbocycles. The third-order valence-electron chi connectivity index (χ3n) is 7.03. The van der Waals surface area contributed by atoms with Crippen LogP contribution >= 0.6 is 11.6 Å². The van der Waals surface area contributed by atoms with Gasteiger partial charge in [0.2, 0.25) is 17.1 Å². The fraction of sp³-hybridized carbons (Fsp3) is 0.458. The number of piperidine rings is 1. The van der Waals surface area contributed by atoms with Crippen molar-refractivity contribution in [3.8, 4) is 0 Å². The van der Waals surface area contributed by atoms with E-state index in [0.717, 1.165) is 42.6 Å². The number of imide groups is 1. The Hall–Kier alpha value is -3.04. The number of halogens is 1. The van der Waals surface area contributed by atoms with Crippen molar-refractivity contribution >= 4 is 35.1 Å². The molecule has 1 saturated heterocycles. The van der Waals surface area contributed by atoms with E-state index in [1.807, 2.05) is 24.3 Å². The second-order valence-corrected chi connectivity index (χ2v) is 9.61. The monoisotopic (exact) mass is 482 g/mol. The van der Waals surface area contributed by atoms with Gasteiger partial charge in [-0.2, -0.15) is 0 Å². The summed E-state index contributed by atoms with van der Waals surface area (Å²) in [5.74, 6) is -0.0970. The van der Waals surface area contributed by atoms with Crippen LogP contribution in [0.2, 0.25) is 5.28 Å². The first kappa shape index (κ1) is 22.7. The summed E-state index contributed by atoms with van der Waals surface area (Å²) in [4.78, 5) is 49.1. The minimum atomic E-state index is -0.618. The van der Waals surface area contributed by atoms with Crippen LogP contribution in [-0.2, 0) is 22.7 Å². The number of fused-ring (bicyclic) bond motifs is 1. The first-order chi connectivity index (χ1) is 16.4. The van der Waals surface area contributed by atoms with Gasteiger partial charge in [-0.15, -0.1) is 0 Å². The van der Waals surface area contributed by atoms with Crippen molar-refractivity contribution in [3.63, 3.8) is 0 Å². The van der Waals surface area contributed by atoms with Gasteiger partial charge in [-0.05, 0) is 67.0 Å². The summed E-state index contributed by atoms with van der Waals surface area (Å²) >= 11 is 6.09. The Kier molecular flexibility index (Phi) is 6.22. The SMILES string of the molecule is NC1CCC(N(Cc2ccc3c(c2)CN(C2CCC(=O)NC2=O)C3=O)c2ccnc(Cl)n2)CC1. The largest absolute Gasteiger partial charge is 0.349 e. The topological polar surface area (TPSA) is 122 Å². The number of aromatic nitrogens is 2. The van der Waals surface area contributed by atoms with E-state index in [4.69, 9.17) is 17.3 Å². The molecule has 1 aliphatic carbocycles. The fourth-order valence-corrected chi connectivity index (χ4v) is 5.36. The summed E-state index contributed by atoms with van der Waals surface area (Å²) in [6, 6.07) is 7.57. The molecule has 0 radical (unpaired) electrons. The number of anilines is 1. The summed E-state index contributed by atoms with van der Waals surface area (Å²) in [6.07, 6.45) is 6.10. The van der Waals surface area contributed by atoms with Crippen molar-refractivity contribution in [2.24, 2.45) is 5.73 Å². The number of carbonyl (C=O) groups excluding carboxylic acids is 3. The average molecular weight is 483 g/mol. The molecule has 178 valence electrons. The summed E-state index contributed by atoms with van der Waals surface area (Å²) < 4.78 is 0. The minimum absolute atomic E-state index is 0.170. The summed E-state index contributed by atoms with van der Waals surface area (Å²) in [5.41, 5.74) is 8.67. The first-order valence-corrected chi connectivity index (χ1v) is 12.0. The normalized spacial score (nSPS) is 24.7. The van der Waals surface area contributed by atoms with Crippen molar-refractivity contribution in [2.45, 2.75) is 69.7 Å². The maximum Gasteiger partial charge on any atom is 0.255 e. The van der Waals surface area contributed by atoms with Crippen molar-refractivity contribution in [1.29, 1.82) is 0 Å². The van der Waals surface area contributed by atoms with Gasteiger partial charge >= 0.3 is 0 Å². The zero-order chi connectivity index (χ0) is 23.8. The Balaban J connectivity index is 1.38. The maximum atomic E-state index is 13.0. The van der Waals surface area contributed by atoms with Crippen molar-refractivity contribution in [3.05, 3.63) is 52.4 Å². The smallest absolute Gasteiger partial charge is 0.255 e. The first-order valence-electron chi connectivity index (χ1n) is 11.7. The molecule has 3 heterocycles. The van der Waals surface area contributed by atoms with E-state index in [1.165, 1.54) is 0 Å². The molecule has 2 fully saturated rings. The van der Waals surface area contributed by atoms with Gasteiger partial charge in [0.25, 0.3) is 5.91 Å². The molecule has 0 spiro atoms. The molecular formula is C24H27ClN6O3. The van der Waals surface area contributed by atoms with Crippen LogP contribution in [0.15, 0.2) is 30.5 Å². The molecule has 10 heteroatoms. The molecular weight excluding hydrogens is 456 g/mol. The third-order valence-corrected chi connectivity index (χ3v) is 7.21. The molecule has 1 atom stereocenters. The molecule has 0 bridgehead atoms. The predicted octanol–water partition coefficient (Wildman–Crippen LogP) is 2.17. The Labute approximate surface area is 202 Å². The lowest BCUT2D eigenvalue weighted by Gasteiger charge is -2.37. The van der Waals surface area contributed by atoms with Crippen molar-refractivity contribution < 1.29 is 14.4 Å². The summed E-state index contributed by atoms with van der Waals surface area (Å²) in [5, 5.41) is 2.55. The second-order valence-electron chi connectivity index (χ2n) is 9.27. The highest BCUT2D eigenvalue weighted by Gasteiger charge is 2.39. The third kappa shape index (κ3) is 4.50. The number of nitrogens with two attached hydrogens (primary N) is 1. The average Bonchev–Trinajstić information content (AvgIpc) is 3.13. The molecule has 3 aliphatic rings. The number of nitrogens with one attached hydrogen (secondary N) is 1. The lowest BCUT2D eigenvalue weighted by atomic mass is 9.90. The summed E-state index contributed by atoms with van der Waals surface area (Å²) in [6.45, 7) is 0.957. The van der Waals surface area contributed by atoms with E-state index in [1.54, 1.807) is 11.1 Å². The number of hydrogen-bond acceptors (Lipinski definition) is 7. The summed E-state index contributed by atoms with van der Waals surface area (Å²) in [7, 11) is 0. The Morgan fingerprint density at radius 3 is 2.65 bits per heavy atom. The van der Waals surface area contributed by atoms with Gasteiger partial charge in [-0.3, -0.25) is 19.7 Å². The van der Waals surface area contributed by atoms with E-state index in [-0.39, 0.29) is 35.6 Å². The van der Waals surface area contributed by atoms with E-state index >= 15 is 0 Å². The number of rotatable bonds is 5. The number of carbonyl (C=O) groups is 3. The lowest BCUT2D eigenvalue weighted by Crippen LogP contribution is -2.52. The van der Waals surface area contributed by atoms with Crippen LogP contribution in [0.5, 0.6) is 0 Å². The van der Waals surface area contributed by atoms with Gasteiger partial charge in [0.15, 0.2) is 0 Å². The van der Waals surface area contributed by atoms with Gasteiger partial charge in [0, 0.05) is 43.4 Å². The van der Waals surface area contributed by atoms with Gasteiger partial charge in [-0.1, -0.05) is 12.1 Å². The molecule has 34 heavy (non-hydrogen) atoms. The zero-order valence-electron chi connectivity index (χ0n) is 18.7. The standard InChI is InChI=1S/C24H27ClN6O3/c25-24-27-10-9-20(28-24)30(17-4-2-16(26)3-5-17)12-14-1-6-18-15(11-14)13-31(23(18)34)19-7-8-21(32)29-22(19)33/h1,6,9-11,16-17,19H,2-5,7-8,12-13,26H2,(H,29,32,33). The van der Waals surface area contributed by atoms with Crippen LogP contribution in [0.25, 0.3) is 0 Å². The molecule has 3 N–H and O–H groups in total. The zero-order valence-corrected chi connectivity index (χ0v) is 19.5. The van der Waals surface area contributed by atoms with Crippen LogP contribution in [0, 0.1) is 0 Å². The maximum absolute atomic E-state index is 13.0. The van der Waals surface area contributed by atoms with Crippen molar-refractivity contribution in [1.82, 2.24) is 20.2 Å². The molecule has 1 aromatic heterocycles. The van der Waals surface area contributed by atoms with Gasteiger partial charge in [-0.25, -0.2) is 9.97 Å². The molecule has 2 aromatic rings. The number of benzene rings is 1. The molecule has 1 aromatic carbocycles. The van der Waals surface area contributed by atoms with E-state index < -0.39 is 11.9 Å². The lowest BCUT2D eigenvalue weighted by molar-refractivity contribution is -0.136. The number of hydrogen-bond donors (Lipinski definition) is 2. The molecule has 3 amide bonds. The van der Waals surface area contributed by atoms with Gasteiger partial charge in [0.05, 0.1) is 0 Å². The Morgan fingerprint density at radius 2 is 1.91 bits per heavy atom. The van der Waals surface area contributed by atoms with E-state index in [0.29, 0.717) is 25.1 Å². The minimum Gasteiger partial charge on any atom is -0.349 e. The van der Waals surface area contributed by atoms with Crippen LogP contribution in [-0.4, -0.2) is 50.7 Å². The van der Waals surface area contributed by atoms with Crippen LogP contribution < -0.4 is 16.0 Å². The van der Waals surface area contributed by atoms with Gasteiger partial charge in [0.1, 0.15) is 11.9 Å². The molecule has 9 nitrogen and oxygen atoms in total. The molecule has 1 unspecified atom stereocenters. The number of nitrogens with zero attached hydrogens (tertiary/aromatic N) is 4. The van der Waals surface area contributed by atoms with E-state index in [2.05, 4.69) is 20.2 Å². The second kappa shape index (κ2) is 9.31. The van der Waals surface area contributed by atoms with E-state index in [9.17, 15) is 14.4 Å². The Morgan fingerprint density at radius 1 is 1.12 bits per heavy atom. The van der Waals surface area contributed by atoms with Crippen LogP contribution in [0.4, 0.5) is 5.82 Å². The van der Waals surface area contributed by atoms with Gasteiger partial charge < -0.3 is 15.5 Å². The Bertz CT molecular complexity index is 1130. The highest BCUT2D eigenvalue weighted by molar-refractivity contribution is 6.28. The fourth-order valence-electron chi connectivity index (χ4n) is 5.22.